The van der Waals surface area contributed by atoms with E-state index in [1.165, 1.54) is 13.8 Å². The second kappa shape index (κ2) is 7.54. The first-order chi connectivity index (χ1) is 7.37. The van der Waals surface area contributed by atoms with Gasteiger partial charge in [0.15, 0.2) is 0 Å². The van der Waals surface area contributed by atoms with Crippen molar-refractivity contribution in [3.8, 4) is 0 Å². The fraction of sp³-hybridized carbons (Fsp3) is 0.875. The zero-order valence-electron chi connectivity index (χ0n) is 9.88. The van der Waals surface area contributed by atoms with Crippen LogP contribution in [-0.2, 0) is 19.9 Å². The first-order valence-electron chi connectivity index (χ1n) is 4.68. The average molecular weight is 275 g/mol. The number of carbonyl (C=O) groups excluding carboxylic acids is 1. The van der Waals surface area contributed by atoms with Crippen molar-refractivity contribution < 1.29 is 31.4 Å². The second-order valence-corrected chi connectivity index (χ2v) is 4.62. The molecule has 0 aromatic carbocycles. The molecule has 0 heterocycles. The van der Waals surface area contributed by atoms with E-state index >= 15 is 0 Å². The summed E-state index contributed by atoms with van der Waals surface area (Å²) in [7, 11) is -4.67. The molecule has 104 valence electrons. The SMILES string of the molecule is CCOC(=O)C(N)CC(C)(C)F.O=S(=O)(O)O. The Labute approximate surface area is 99.7 Å². The molecule has 0 aromatic rings. The predicted molar refractivity (Wildman–Crippen MR) is 58.6 cm³/mol. The van der Waals surface area contributed by atoms with Gasteiger partial charge in [-0.2, -0.15) is 8.42 Å². The maximum Gasteiger partial charge on any atom is 0.394 e. The van der Waals surface area contributed by atoms with Crippen LogP contribution in [0.4, 0.5) is 4.39 Å². The maximum absolute atomic E-state index is 13.0. The lowest BCUT2D eigenvalue weighted by molar-refractivity contribution is -0.145. The number of ether oxygens (including phenoxy) is 1. The van der Waals surface area contributed by atoms with E-state index in [0.717, 1.165) is 0 Å². The summed E-state index contributed by atoms with van der Waals surface area (Å²) in [5.41, 5.74) is 3.95. The van der Waals surface area contributed by atoms with Crippen molar-refractivity contribution in [2.24, 2.45) is 5.73 Å². The highest BCUT2D eigenvalue weighted by Crippen LogP contribution is 2.15. The number of hydrogen-bond donors (Lipinski definition) is 3. The minimum absolute atomic E-state index is 0.00810. The van der Waals surface area contributed by atoms with Crippen molar-refractivity contribution in [3.63, 3.8) is 0 Å². The molecule has 0 bridgehead atoms. The highest BCUT2D eigenvalue weighted by atomic mass is 32.3. The van der Waals surface area contributed by atoms with Crippen LogP contribution in [0, 0.1) is 0 Å². The van der Waals surface area contributed by atoms with Gasteiger partial charge in [-0.25, -0.2) is 4.39 Å². The minimum atomic E-state index is -4.67. The number of halogens is 1. The van der Waals surface area contributed by atoms with Gasteiger partial charge in [-0.1, -0.05) is 0 Å². The molecule has 0 aliphatic rings. The molecule has 9 heteroatoms. The molecule has 0 aromatic heterocycles. The van der Waals surface area contributed by atoms with Crippen molar-refractivity contribution in [2.75, 3.05) is 6.61 Å². The fourth-order valence-electron chi connectivity index (χ4n) is 0.856. The van der Waals surface area contributed by atoms with Gasteiger partial charge in [0.25, 0.3) is 0 Å². The number of hydrogen-bond acceptors (Lipinski definition) is 5. The molecule has 1 atom stereocenters. The molecule has 0 rings (SSSR count). The highest BCUT2D eigenvalue weighted by molar-refractivity contribution is 7.79. The third-order valence-electron chi connectivity index (χ3n) is 1.29. The number of rotatable bonds is 4. The van der Waals surface area contributed by atoms with Crippen LogP contribution in [0.15, 0.2) is 0 Å². The summed E-state index contributed by atoms with van der Waals surface area (Å²) in [6.45, 7) is 4.72. The van der Waals surface area contributed by atoms with Crippen molar-refractivity contribution in [3.05, 3.63) is 0 Å². The minimum Gasteiger partial charge on any atom is -0.465 e. The van der Waals surface area contributed by atoms with Crippen LogP contribution in [0.1, 0.15) is 27.2 Å². The Morgan fingerprint density at radius 3 is 2.06 bits per heavy atom. The Morgan fingerprint density at radius 2 is 1.82 bits per heavy atom. The summed E-state index contributed by atoms with van der Waals surface area (Å²) in [6, 6.07) is -0.857. The van der Waals surface area contributed by atoms with Gasteiger partial charge in [-0.15, -0.1) is 0 Å². The summed E-state index contributed by atoms with van der Waals surface area (Å²) in [4.78, 5) is 10.9. The van der Waals surface area contributed by atoms with Gasteiger partial charge in [-0.05, 0) is 20.8 Å². The second-order valence-electron chi connectivity index (χ2n) is 3.73. The van der Waals surface area contributed by atoms with E-state index in [2.05, 4.69) is 4.74 Å². The largest absolute Gasteiger partial charge is 0.465 e. The summed E-state index contributed by atoms with van der Waals surface area (Å²) < 4.78 is 49.2. The number of nitrogens with two attached hydrogens (primary N) is 1. The van der Waals surface area contributed by atoms with Gasteiger partial charge in [0.1, 0.15) is 11.7 Å². The van der Waals surface area contributed by atoms with Crippen molar-refractivity contribution >= 4 is 16.4 Å². The fourth-order valence-corrected chi connectivity index (χ4v) is 0.856. The van der Waals surface area contributed by atoms with Gasteiger partial charge in [-0.3, -0.25) is 13.9 Å². The van der Waals surface area contributed by atoms with Crippen LogP contribution in [0.2, 0.25) is 0 Å². The molecule has 0 aliphatic carbocycles. The zero-order chi connectivity index (χ0) is 14.3. The van der Waals surface area contributed by atoms with Crippen molar-refractivity contribution in [1.29, 1.82) is 0 Å². The van der Waals surface area contributed by atoms with Crippen LogP contribution in [-0.4, -0.2) is 41.8 Å². The van der Waals surface area contributed by atoms with E-state index in [1.54, 1.807) is 6.92 Å². The molecule has 4 N–H and O–H groups in total. The Balaban J connectivity index is 0. The quantitative estimate of drug-likeness (QED) is 0.499. The topological polar surface area (TPSA) is 127 Å². The Morgan fingerprint density at radius 1 is 1.47 bits per heavy atom. The van der Waals surface area contributed by atoms with Gasteiger partial charge >= 0.3 is 16.4 Å². The molecular weight excluding hydrogens is 257 g/mol. The molecule has 0 amide bonds. The van der Waals surface area contributed by atoms with E-state index in [1.807, 2.05) is 0 Å². The predicted octanol–water partition coefficient (Wildman–Crippen LogP) is 0.362. The Hall–Kier alpha value is -0.770. The van der Waals surface area contributed by atoms with E-state index in [0.29, 0.717) is 0 Å². The van der Waals surface area contributed by atoms with Gasteiger partial charge in [0.05, 0.1) is 6.61 Å². The normalized spacial score (nSPS) is 13.4. The molecule has 0 radical (unpaired) electrons. The third kappa shape index (κ3) is 21.1. The van der Waals surface area contributed by atoms with Crippen LogP contribution < -0.4 is 5.73 Å². The number of esters is 1. The zero-order valence-corrected chi connectivity index (χ0v) is 10.7. The van der Waals surface area contributed by atoms with Gasteiger partial charge in [0.2, 0.25) is 0 Å². The summed E-state index contributed by atoms with van der Waals surface area (Å²) >= 11 is 0. The Bertz CT molecular complexity index is 315. The van der Waals surface area contributed by atoms with Crippen molar-refractivity contribution in [2.45, 2.75) is 38.9 Å². The van der Waals surface area contributed by atoms with E-state index in [-0.39, 0.29) is 13.0 Å². The number of alkyl halides is 1. The van der Waals surface area contributed by atoms with Crippen molar-refractivity contribution in [1.82, 2.24) is 0 Å². The lowest BCUT2D eigenvalue weighted by Crippen LogP contribution is -2.37. The molecule has 17 heavy (non-hydrogen) atoms. The Kier molecular flexibility index (Phi) is 8.24. The lowest BCUT2D eigenvalue weighted by Gasteiger charge is -2.17. The lowest BCUT2D eigenvalue weighted by atomic mass is 10.0. The average Bonchev–Trinajstić information content (AvgIpc) is 1.97. The van der Waals surface area contributed by atoms with Gasteiger partial charge in [0, 0.05) is 6.42 Å². The summed E-state index contributed by atoms with van der Waals surface area (Å²) in [6.07, 6.45) is -0.00810. The molecule has 0 fully saturated rings. The molecule has 0 saturated heterocycles. The van der Waals surface area contributed by atoms with Crippen LogP contribution in [0.25, 0.3) is 0 Å². The highest BCUT2D eigenvalue weighted by Gasteiger charge is 2.25. The number of carbonyl (C=O) groups is 1. The third-order valence-corrected chi connectivity index (χ3v) is 1.29. The molecule has 1 unspecified atom stereocenters. The van der Waals surface area contributed by atoms with E-state index in [4.69, 9.17) is 23.3 Å². The standard InChI is InChI=1S/C8H16FNO2.H2O4S/c1-4-12-7(11)6(10)5-8(2,3)9;1-5(2,3)4/h6H,4-5,10H2,1-3H3;(H2,1,2,3,4). The van der Waals surface area contributed by atoms with Crippen LogP contribution >= 0.6 is 0 Å². The molecule has 0 spiro atoms. The smallest absolute Gasteiger partial charge is 0.394 e. The molecular formula is C8H18FNO6S. The summed E-state index contributed by atoms with van der Waals surface area (Å²) in [5, 5.41) is 0. The maximum atomic E-state index is 13.0. The first kappa shape index (κ1) is 18.6. The van der Waals surface area contributed by atoms with Gasteiger partial charge < -0.3 is 10.5 Å². The van der Waals surface area contributed by atoms with Crippen LogP contribution in [0.5, 0.6) is 0 Å². The summed E-state index contributed by atoms with van der Waals surface area (Å²) in [5.74, 6) is -0.539. The first-order valence-corrected chi connectivity index (χ1v) is 6.07. The van der Waals surface area contributed by atoms with Crippen LogP contribution in [0.3, 0.4) is 0 Å². The molecule has 0 saturated carbocycles. The molecule has 7 nitrogen and oxygen atoms in total. The monoisotopic (exact) mass is 275 g/mol. The molecule has 0 aliphatic heterocycles. The van der Waals surface area contributed by atoms with E-state index < -0.39 is 28.1 Å². The van der Waals surface area contributed by atoms with E-state index in [9.17, 15) is 9.18 Å².